The molecule has 4 amide bonds. The fraction of sp³-hybridized carbons (Fsp3) is 0.400. The SMILES string of the molecule is O=C1CCN(c2cccc(C(=O)N[C@H]3CCCC[C@H]3n3cc(C(=O)O)nn3)c2)C(=O)N1. The first kappa shape index (κ1) is 20.5. The Balaban J connectivity index is 1.49. The molecule has 11 nitrogen and oxygen atoms in total. The van der Waals surface area contributed by atoms with E-state index in [-0.39, 0.29) is 42.6 Å². The number of nitrogens with one attached hydrogen (secondary N) is 2. The maximum absolute atomic E-state index is 12.9. The van der Waals surface area contributed by atoms with Gasteiger partial charge in [-0.3, -0.25) is 19.8 Å². The second-order valence-electron chi connectivity index (χ2n) is 7.63. The number of amides is 4. The fourth-order valence-electron chi connectivity index (χ4n) is 4.01. The number of carboxylic acid groups (broad SMARTS) is 1. The lowest BCUT2D eigenvalue weighted by Crippen LogP contribution is -2.49. The van der Waals surface area contributed by atoms with Crippen molar-refractivity contribution in [2.24, 2.45) is 0 Å². The van der Waals surface area contributed by atoms with Gasteiger partial charge >= 0.3 is 12.0 Å². The molecule has 1 aliphatic carbocycles. The predicted octanol–water partition coefficient (Wildman–Crippen LogP) is 1.34. The number of carbonyl (C=O) groups excluding carboxylic acids is 3. The Bertz CT molecular complexity index is 1030. The van der Waals surface area contributed by atoms with Gasteiger partial charge < -0.3 is 10.4 Å². The van der Waals surface area contributed by atoms with Crippen molar-refractivity contribution in [2.75, 3.05) is 11.4 Å². The van der Waals surface area contributed by atoms with Gasteiger partial charge in [0.2, 0.25) is 5.91 Å². The molecule has 4 rings (SSSR count). The third-order valence-electron chi connectivity index (χ3n) is 5.59. The van der Waals surface area contributed by atoms with Crippen molar-refractivity contribution in [3.05, 3.63) is 41.7 Å². The topological polar surface area (TPSA) is 147 Å². The van der Waals surface area contributed by atoms with Crippen LogP contribution in [0.25, 0.3) is 0 Å². The van der Waals surface area contributed by atoms with Crippen LogP contribution in [0, 0.1) is 0 Å². The molecule has 1 saturated carbocycles. The summed E-state index contributed by atoms with van der Waals surface area (Å²) in [6, 6.07) is 5.72. The normalized spacial score (nSPS) is 21.5. The predicted molar refractivity (Wildman–Crippen MR) is 108 cm³/mol. The number of urea groups is 1. The highest BCUT2D eigenvalue weighted by Crippen LogP contribution is 2.29. The Hall–Kier alpha value is -3.76. The molecule has 2 heterocycles. The maximum atomic E-state index is 12.9. The summed E-state index contributed by atoms with van der Waals surface area (Å²) < 4.78 is 1.51. The number of carbonyl (C=O) groups is 4. The zero-order valence-electron chi connectivity index (χ0n) is 16.7. The highest BCUT2D eigenvalue weighted by molar-refractivity contribution is 6.06. The Kier molecular flexibility index (Phi) is 5.65. The number of aromatic nitrogens is 3. The van der Waals surface area contributed by atoms with Crippen LogP contribution in [0.3, 0.4) is 0 Å². The van der Waals surface area contributed by atoms with Crippen molar-refractivity contribution >= 4 is 29.5 Å². The van der Waals surface area contributed by atoms with Gasteiger partial charge in [-0.1, -0.05) is 24.1 Å². The van der Waals surface area contributed by atoms with Crippen LogP contribution < -0.4 is 15.5 Å². The van der Waals surface area contributed by atoms with Crippen LogP contribution in [-0.2, 0) is 4.79 Å². The largest absolute Gasteiger partial charge is 0.476 e. The van der Waals surface area contributed by atoms with Crippen molar-refractivity contribution < 1.29 is 24.3 Å². The van der Waals surface area contributed by atoms with E-state index in [1.807, 2.05) is 0 Å². The number of hydrogen-bond donors (Lipinski definition) is 3. The first-order valence-electron chi connectivity index (χ1n) is 10.1. The van der Waals surface area contributed by atoms with E-state index in [9.17, 15) is 19.2 Å². The molecule has 1 saturated heterocycles. The van der Waals surface area contributed by atoms with E-state index in [2.05, 4.69) is 20.9 Å². The molecule has 162 valence electrons. The first-order valence-corrected chi connectivity index (χ1v) is 10.1. The van der Waals surface area contributed by atoms with Gasteiger partial charge in [0, 0.05) is 24.2 Å². The summed E-state index contributed by atoms with van der Waals surface area (Å²) in [5.74, 6) is -1.77. The molecule has 11 heteroatoms. The van der Waals surface area contributed by atoms with Gasteiger partial charge in [-0.2, -0.15) is 0 Å². The molecule has 1 aromatic heterocycles. The summed E-state index contributed by atoms with van der Waals surface area (Å²) in [4.78, 5) is 48.9. The van der Waals surface area contributed by atoms with Crippen LogP contribution >= 0.6 is 0 Å². The quantitative estimate of drug-likeness (QED) is 0.654. The van der Waals surface area contributed by atoms with Crippen molar-refractivity contribution in [3.63, 3.8) is 0 Å². The summed E-state index contributed by atoms with van der Waals surface area (Å²) in [5.41, 5.74) is 0.776. The summed E-state index contributed by atoms with van der Waals surface area (Å²) >= 11 is 0. The number of anilines is 1. The lowest BCUT2D eigenvalue weighted by Gasteiger charge is -2.32. The second kappa shape index (κ2) is 8.54. The molecule has 0 radical (unpaired) electrons. The maximum Gasteiger partial charge on any atom is 0.358 e. The lowest BCUT2D eigenvalue weighted by molar-refractivity contribution is -0.120. The minimum Gasteiger partial charge on any atom is -0.476 e. The van der Waals surface area contributed by atoms with Crippen LogP contribution in [0.5, 0.6) is 0 Å². The molecule has 2 aromatic rings. The molecule has 31 heavy (non-hydrogen) atoms. The van der Waals surface area contributed by atoms with E-state index >= 15 is 0 Å². The van der Waals surface area contributed by atoms with E-state index in [0.29, 0.717) is 11.3 Å². The Labute approximate surface area is 177 Å². The highest BCUT2D eigenvalue weighted by Gasteiger charge is 2.30. The van der Waals surface area contributed by atoms with E-state index in [4.69, 9.17) is 5.11 Å². The second-order valence-corrected chi connectivity index (χ2v) is 7.63. The molecular formula is C20H22N6O5. The molecule has 1 aliphatic heterocycles. The average Bonchev–Trinajstić information content (AvgIpc) is 3.25. The third kappa shape index (κ3) is 4.39. The summed E-state index contributed by atoms with van der Waals surface area (Å²) in [5, 5.41) is 22.0. The Morgan fingerprint density at radius 2 is 2.00 bits per heavy atom. The molecule has 2 aliphatic rings. The van der Waals surface area contributed by atoms with Gasteiger partial charge in [0.25, 0.3) is 5.91 Å². The highest BCUT2D eigenvalue weighted by atomic mass is 16.4. The van der Waals surface area contributed by atoms with E-state index in [1.54, 1.807) is 24.3 Å². The van der Waals surface area contributed by atoms with Crippen molar-refractivity contribution in [3.8, 4) is 0 Å². The molecule has 0 bridgehead atoms. The molecule has 2 fully saturated rings. The van der Waals surface area contributed by atoms with E-state index in [0.717, 1.165) is 25.7 Å². The third-order valence-corrected chi connectivity index (χ3v) is 5.59. The van der Waals surface area contributed by atoms with Crippen LogP contribution in [0.2, 0.25) is 0 Å². The van der Waals surface area contributed by atoms with Gasteiger partial charge in [-0.25, -0.2) is 14.3 Å². The number of imide groups is 1. The van der Waals surface area contributed by atoms with Crippen molar-refractivity contribution in [1.29, 1.82) is 0 Å². The number of carboxylic acids is 1. The van der Waals surface area contributed by atoms with Gasteiger partial charge in [0.15, 0.2) is 5.69 Å². The van der Waals surface area contributed by atoms with E-state index < -0.39 is 12.0 Å². The standard InChI is InChI=1S/C20H22N6O5/c27-17-8-9-25(20(31)22-17)13-5-3-4-12(10-13)18(28)21-14-6-1-2-7-16(14)26-11-15(19(29)30)23-24-26/h3-5,10-11,14,16H,1-2,6-9H2,(H,21,28)(H,29,30)(H,22,27,31)/t14-,16+/m0/s1. The Morgan fingerprint density at radius 3 is 2.74 bits per heavy atom. The minimum absolute atomic E-state index is 0.137. The monoisotopic (exact) mass is 426 g/mol. The molecular weight excluding hydrogens is 404 g/mol. The molecule has 2 atom stereocenters. The Morgan fingerprint density at radius 1 is 1.19 bits per heavy atom. The fourth-order valence-corrected chi connectivity index (χ4v) is 4.01. The summed E-state index contributed by atoms with van der Waals surface area (Å²) in [6.07, 6.45) is 4.93. The van der Waals surface area contributed by atoms with Crippen LogP contribution in [0.4, 0.5) is 10.5 Å². The zero-order valence-corrected chi connectivity index (χ0v) is 16.7. The molecule has 3 N–H and O–H groups in total. The molecule has 1 aromatic carbocycles. The van der Waals surface area contributed by atoms with Gasteiger partial charge in [0.05, 0.1) is 18.3 Å². The van der Waals surface area contributed by atoms with Crippen molar-refractivity contribution in [2.45, 2.75) is 44.2 Å². The van der Waals surface area contributed by atoms with Gasteiger partial charge in [-0.05, 0) is 31.0 Å². The zero-order chi connectivity index (χ0) is 22.0. The number of rotatable bonds is 5. The van der Waals surface area contributed by atoms with Crippen LogP contribution in [0.1, 0.15) is 59.0 Å². The van der Waals surface area contributed by atoms with Crippen LogP contribution in [-0.4, -0.2) is 56.5 Å². The van der Waals surface area contributed by atoms with Gasteiger partial charge in [-0.15, -0.1) is 5.10 Å². The molecule has 0 spiro atoms. The van der Waals surface area contributed by atoms with E-state index in [1.165, 1.54) is 15.8 Å². The summed E-state index contributed by atoms with van der Waals surface area (Å²) in [7, 11) is 0. The lowest BCUT2D eigenvalue weighted by atomic mass is 9.90. The van der Waals surface area contributed by atoms with Crippen LogP contribution in [0.15, 0.2) is 30.5 Å². The molecule has 0 unspecified atom stereocenters. The number of hydrogen-bond acceptors (Lipinski definition) is 6. The van der Waals surface area contributed by atoms with Gasteiger partial charge in [0.1, 0.15) is 0 Å². The minimum atomic E-state index is -1.15. The smallest absolute Gasteiger partial charge is 0.358 e. The number of nitrogens with zero attached hydrogens (tertiary/aromatic N) is 4. The number of aromatic carboxylic acids is 1. The summed E-state index contributed by atoms with van der Waals surface area (Å²) in [6.45, 7) is 0.249. The number of benzene rings is 1. The first-order chi connectivity index (χ1) is 14.9. The van der Waals surface area contributed by atoms with Crippen molar-refractivity contribution in [1.82, 2.24) is 25.6 Å². The average molecular weight is 426 g/mol.